The second-order valence-electron chi connectivity index (χ2n) is 4.89. The zero-order chi connectivity index (χ0) is 11.4. The molecule has 88 valence electrons. The third-order valence-corrected chi connectivity index (χ3v) is 2.68. The van der Waals surface area contributed by atoms with E-state index in [0.717, 1.165) is 13.1 Å². The van der Waals surface area contributed by atoms with E-state index >= 15 is 0 Å². The Morgan fingerprint density at radius 2 is 1.93 bits per heavy atom. The zero-order valence-electron chi connectivity index (χ0n) is 10.1. The summed E-state index contributed by atoms with van der Waals surface area (Å²) in [6.07, 6.45) is 0. The number of carbonyl (C=O) groups is 1. The minimum atomic E-state index is -0.0893. The smallest absolute Gasteiger partial charge is 0.238 e. The number of nitrogens with one attached hydrogen (secondary N) is 3. The molecule has 0 aromatic heterocycles. The van der Waals surface area contributed by atoms with E-state index in [1.54, 1.807) is 0 Å². The van der Waals surface area contributed by atoms with Crippen molar-refractivity contribution in [1.82, 2.24) is 16.0 Å². The molecule has 2 atom stereocenters. The van der Waals surface area contributed by atoms with Crippen LogP contribution in [-0.2, 0) is 4.79 Å². The monoisotopic (exact) mass is 213 g/mol. The molecule has 1 heterocycles. The van der Waals surface area contributed by atoms with E-state index in [1.807, 2.05) is 13.8 Å². The standard InChI is InChI=1S/C11H23N3O/c1-7(2)9-5-12-6-10(14-9)11(15)13-8(3)4/h7-10,12,14H,5-6H2,1-4H3,(H,13,15). The summed E-state index contributed by atoms with van der Waals surface area (Å²) in [5, 5.41) is 9.61. The highest BCUT2D eigenvalue weighted by atomic mass is 16.2. The summed E-state index contributed by atoms with van der Waals surface area (Å²) in [6, 6.07) is 0.508. The third-order valence-electron chi connectivity index (χ3n) is 2.68. The van der Waals surface area contributed by atoms with Crippen molar-refractivity contribution in [2.75, 3.05) is 13.1 Å². The topological polar surface area (TPSA) is 53.2 Å². The van der Waals surface area contributed by atoms with E-state index in [0.29, 0.717) is 12.0 Å². The SMILES string of the molecule is CC(C)NC(=O)C1CNCC(C(C)C)N1. The van der Waals surface area contributed by atoms with Gasteiger partial charge in [0.1, 0.15) is 0 Å². The Kier molecular flexibility index (Phi) is 4.54. The molecule has 0 saturated carbocycles. The van der Waals surface area contributed by atoms with Gasteiger partial charge < -0.3 is 16.0 Å². The van der Waals surface area contributed by atoms with Crippen LogP contribution in [0.4, 0.5) is 0 Å². The highest BCUT2D eigenvalue weighted by molar-refractivity contribution is 5.82. The molecule has 1 fully saturated rings. The van der Waals surface area contributed by atoms with E-state index in [-0.39, 0.29) is 18.0 Å². The fraction of sp³-hybridized carbons (Fsp3) is 0.909. The molecule has 1 aliphatic rings. The first-order valence-corrected chi connectivity index (χ1v) is 5.78. The zero-order valence-corrected chi connectivity index (χ0v) is 10.1. The Morgan fingerprint density at radius 3 is 2.47 bits per heavy atom. The molecule has 1 amide bonds. The van der Waals surface area contributed by atoms with Gasteiger partial charge in [-0.3, -0.25) is 4.79 Å². The summed E-state index contributed by atoms with van der Waals surface area (Å²) in [6.45, 7) is 9.97. The Morgan fingerprint density at radius 1 is 1.27 bits per heavy atom. The van der Waals surface area contributed by atoms with Gasteiger partial charge in [-0.15, -0.1) is 0 Å². The fourth-order valence-electron chi connectivity index (χ4n) is 1.74. The van der Waals surface area contributed by atoms with Crippen molar-refractivity contribution in [3.63, 3.8) is 0 Å². The van der Waals surface area contributed by atoms with E-state index < -0.39 is 0 Å². The quantitative estimate of drug-likeness (QED) is 0.623. The van der Waals surface area contributed by atoms with Crippen LogP contribution in [-0.4, -0.2) is 37.1 Å². The Hall–Kier alpha value is -0.610. The molecule has 0 aliphatic carbocycles. The molecule has 2 unspecified atom stereocenters. The van der Waals surface area contributed by atoms with Crippen LogP contribution in [0.2, 0.25) is 0 Å². The van der Waals surface area contributed by atoms with Crippen LogP contribution in [0.3, 0.4) is 0 Å². The molecule has 4 heteroatoms. The number of piperazine rings is 1. The van der Waals surface area contributed by atoms with Crippen molar-refractivity contribution >= 4 is 5.91 Å². The highest BCUT2D eigenvalue weighted by Gasteiger charge is 2.27. The molecule has 0 bridgehead atoms. The van der Waals surface area contributed by atoms with E-state index in [1.165, 1.54) is 0 Å². The number of carbonyl (C=O) groups excluding carboxylic acids is 1. The number of amides is 1. The van der Waals surface area contributed by atoms with E-state index in [9.17, 15) is 4.79 Å². The molecule has 3 N–H and O–H groups in total. The minimum Gasteiger partial charge on any atom is -0.353 e. The molecule has 0 aromatic rings. The summed E-state index contributed by atoms with van der Waals surface area (Å²) < 4.78 is 0. The predicted molar refractivity (Wildman–Crippen MR) is 61.7 cm³/mol. The van der Waals surface area contributed by atoms with Gasteiger partial charge in [0.2, 0.25) is 5.91 Å². The summed E-state index contributed by atoms with van der Waals surface area (Å²) in [5.41, 5.74) is 0. The van der Waals surface area contributed by atoms with Gasteiger partial charge in [-0.05, 0) is 19.8 Å². The van der Waals surface area contributed by atoms with Gasteiger partial charge in [-0.1, -0.05) is 13.8 Å². The molecule has 1 aliphatic heterocycles. The molecule has 1 rings (SSSR count). The van der Waals surface area contributed by atoms with Crippen molar-refractivity contribution in [3.8, 4) is 0 Å². The normalized spacial score (nSPS) is 27.1. The molecule has 0 aromatic carbocycles. The van der Waals surface area contributed by atoms with Crippen molar-refractivity contribution in [2.45, 2.75) is 45.8 Å². The highest BCUT2D eigenvalue weighted by Crippen LogP contribution is 2.05. The Bertz CT molecular complexity index is 216. The maximum atomic E-state index is 11.8. The second-order valence-corrected chi connectivity index (χ2v) is 4.89. The van der Waals surface area contributed by atoms with Crippen LogP contribution in [0.5, 0.6) is 0 Å². The largest absolute Gasteiger partial charge is 0.353 e. The average Bonchev–Trinajstić information content (AvgIpc) is 2.17. The van der Waals surface area contributed by atoms with Gasteiger partial charge in [0.05, 0.1) is 6.04 Å². The van der Waals surface area contributed by atoms with E-state index in [2.05, 4.69) is 29.8 Å². The van der Waals surface area contributed by atoms with Crippen molar-refractivity contribution < 1.29 is 4.79 Å². The lowest BCUT2D eigenvalue weighted by molar-refractivity contribution is -0.124. The lowest BCUT2D eigenvalue weighted by Crippen LogP contribution is -2.62. The van der Waals surface area contributed by atoms with Crippen LogP contribution in [0.15, 0.2) is 0 Å². The Labute approximate surface area is 92.2 Å². The molecular formula is C11H23N3O. The first-order chi connectivity index (χ1) is 7.00. The van der Waals surface area contributed by atoms with Gasteiger partial charge in [-0.25, -0.2) is 0 Å². The van der Waals surface area contributed by atoms with Crippen molar-refractivity contribution in [1.29, 1.82) is 0 Å². The molecule has 1 saturated heterocycles. The first kappa shape index (κ1) is 12.5. The van der Waals surface area contributed by atoms with Crippen LogP contribution in [0.25, 0.3) is 0 Å². The molecular weight excluding hydrogens is 190 g/mol. The molecule has 0 radical (unpaired) electrons. The maximum Gasteiger partial charge on any atom is 0.238 e. The average molecular weight is 213 g/mol. The maximum absolute atomic E-state index is 11.8. The van der Waals surface area contributed by atoms with Gasteiger partial charge in [0.25, 0.3) is 0 Å². The number of hydrogen-bond donors (Lipinski definition) is 3. The van der Waals surface area contributed by atoms with E-state index in [4.69, 9.17) is 0 Å². The van der Waals surface area contributed by atoms with Crippen molar-refractivity contribution in [2.24, 2.45) is 5.92 Å². The Balaban J connectivity index is 2.45. The number of hydrogen-bond acceptors (Lipinski definition) is 3. The van der Waals surface area contributed by atoms with Crippen LogP contribution in [0, 0.1) is 5.92 Å². The predicted octanol–water partition coefficient (Wildman–Crippen LogP) is 0.0970. The molecule has 0 spiro atoms. The molecule has 15 heavy (non-hydrogen) atoms. The summed E-state index contributed by atoms with van der Waals surface area (Å²) in [7, 11) is 0. The third kappa shape index (κ3) is 3.80. The van der Waals surface area contributed by atoms with Gasteiger partial charge >= 0.3 is 0 Å². The van der Waals surface area contributed by atoms with Crippen LogP contribution in [0.1, 0.15) is 27.7 Å². The fourth-order valence-corrected chi connectivity index (χ4v) is 1.74. The van der Waals surface area contributed by atoms with Gasteiger partial charge in [0.15, 0.2) is 0 Å². The second kappa shape index (κ2) is 5.47. The van der Waals surface area contributed by atoms with Crippen LogP contribution < -0.4 is 16.0 Å². The summed E-state index contributed by atoms with van der Waals surface area (Å²) >= 11 is 0. The lowest BCUT2D eigenvalue weighted by atomic mass is 10.0. The van der Waals surface area contributed by atoms with Gasteiger partial charge in [0, 0.05) is 25.2 Å². The van der Waals surface area contributed by atoms with Gasteiger partial charge in [-0.2, -0.15) is 0 Å². The lowest BCUT2D eigenvalue weighted by Gasteiger charge is -2.33. The summed E-state index contributed by atoms with van der Waals surface area (Å²) in [5.74, 6) is 0.648. The molecule has 4 nitrogen and oxygen atoms in total. The van der Waals surface area contributed by atoms with Crippen LogP contribution >= 0.6 is 0 Å². The summed E-state index contributed by atoms with van der Waals surface area (Å²) in [4.78, 5) is 11.8. The number of rotatable bonds is 3. The first-order valence-electron chi connectivity index (χ1n) is 5.78. The minimum absolute atomic E-state index is 0.0893. The van der Waals surface area contributed by atoms with Crippen molar-refractivity contribution in [3.05, 3.63) is 0 Å².